The SMILES string of the molecule is CCC(=O)c1ccc(OC(=O)COc2ccc(C)c(C)c2)cc1. The number of ketones is 1. The lowest BCUT2D eigenvalue weighted by atomic mass is 10.1. The summed E-state index contributed by atoms with van der Waals surface area (Å²) in [6.45, 7) is 5.64. The van der Waals surface area contributed by atoms with Crippen LogP contribution < -0.4 is 9.47 Å². The molecule has 0 saturated carbocycles. The summed E-state index contributed by atoms with van der Waals surface area (Å²) >= 11 is 0. The van der Waals surface area contributed by atoms with Crippen molar-refractivity contribution in [3.05, 3.63) is 59.2 Å². The summed E-state index contributed by atoms with van der Waals surface area (Å²) in [6.07, 6.45) is 0.447. The first-order valence-electron chi connectivity index (χ1n) is 7.53. The monoisotopic (exact) mass is 312 g/mol. The Hall–Kier alpha value is -2.62. The van der Waals surface area contributed by atoms with E-state index in [0.29, 0.717) is 23.5 Å². The third-order valence-electron chi connectivity index (χ3n) is 3.56. The van der Waals surface area contributed by atoms with Crippen LogP contribution in [-0.2, 0) is 4.79 Å². The van der Waals surface area contributed by atoms with Gasteiger partial charge in [-0.25, -0.2) is 4.79 Å². The fourth-order valence-corrected chi connectivity index (χ4v) is 2.02. The summed E-state index contributed by atoms with van der Waals surface area (Å²) in [5.41, 5.74) is 2.88. The lowest BCUT2D eigenvalue weighted by Gasteiger charge is -2.08. The summed E-state index contributed by atoms with van der Waals surface area (Å²) in [6, 6.07) is 12.2. The molecule has 0 atom stereocenters. The molecule has 0 unspecified atom stereocenters. The molecule has 0 aliphatic heterocycles. The van der Waals surface area contributed by atoms with Gasteiger partial charge in [-0.05, 0) is 61.4 Å². The second kappa shape index (κ2) is 7.58. The largest absolute Gasteiger partial charge is 0.482 e. The molecule has 2 aromatic carbocycles. The van der Waals surface area contributed by atoms with Crippen LogP contribution in [0.2, 0.25) is 0 Å². The fourth-order valence-electron chi connectivity index (χ4n) is 2.02. The number of hydrogen-bond acceptors (Lipinski definition) is 4. The molecule has 23 heavy (non-hydrogen) atoms. The normalized spacial score (nSPS) is 10.2. The zero-order chi connectivity index (χ0) is 16.8. The number of hydrogen-bond donors (Lipinski definition) is 0. The van der Waals surface area contributed by atoms with Crippen LogP contribution in [0.1, 0.15) is 34.8 Å². The van der Waals surface area contributed by atoms with Gasteiger partial charge in [0.15, 0.2) is 12.4 Å². The first kappa shape index (κ1) is 16.7. The first-order chi connectivity index (χ1) is 11.0. The molecule has 0 radical (unpaired) electrons. The minimum atomic E-state index is -0.488. The maximum Gasteiger partial charge on any atom is 0.349 e. The number of ether oxygens (including phenoxy) is 2. The van der Waals surface area contributed by atoms with E-state index in [2.05, 4.69) is 0 Å². The molecule has 0 aliphatic rings. The molecule has 0 heterocycles. The summed E-state index contributed by atoms with van der Waals surface area (Å²) in [5.74, 6) is 0.596. The molecule has 0 aromatic heterocycles. The highest BCUT2D eigenvalue weighted by molar-refractivity contribution is 5.95. The Labute approximate surface area is 136 Å². The molecule has 0 fully saturated rings. The van der Waals surface area contributed by atoms with Gasteiger partial charge < -0.3 is 9.47 Å². The molecule has 4 nitrogen and oxygen atoms in total. The van der Waals surface area contributed by atoms with E-state index in [1.54, 1.807) is 31.2 Å². The van der Waals surface area contributed by atoms with Crippen molar-refractivity contribution in [2.45, 2.75) is 27.2 Å². The van der Waals surface area contributed by atoms with E-state index < -0.39 is 5.97 Å². The van der Waals surface area contributed by atoms with Crippen LogP contribution in [-0.4, -0.2) is 18.4 Å². The van der Waals surface area contributed by atoms with Gasteiger partial charge in [-0.2, -0.15) is 0 Å². The Morgan fingerprint density at radius 1 is 0.913 bits per heavy atom. The van der Waals surface area contributed by atoms with E-state index in [4.69, 9.17) is 9.47 Å². The van der Waals surface area contributed by atoms with Crippen LogP contribution in [0.25, 0.3) is 0 Å². The van der Waals surface area contributed by atoms with E-state index in [1.165, 1.54) is 5.56 Å². The van der Waals surface area contributed by atoms with Gasteiger partial charge in [0.2, 0.25) is 0 Å². The van der Waals surface area contributed by atoms with Crippen LogP contribution in [0.4, 0.5) is 0 Å². The molecule has 0 saturated heterocycles. The van der Waals surface area contributed by atoms with Gasteiger partial charge in [0, 0.05) is 12.0 Å². The van der Waals surface area contributed by atoms with Gasteiger partial charge in [-0.1, -0.05) is 13.0 Å². The van der Waals surface area contributed by atoms with Crippen molar-refractivity contribution in [1.82, 2.24) is 0 Å². The van der Waals surface area contributed by atoms with Crippen LogP contribution in [0.15, 0.2) is 42.5 Å². The third kappa shape index (κ3) is 4.68. The van der Waals surface area contributed by atoms with E-state index >= 15 is 0 Å². The quantitative estimate of drug-likeness (QED) is 0.461. The van der Waals surface area contributed by atoms with E-state index in [9.17, 15) is 9.59 Å². The predicted molar refractivity (Wildman–Crippen MR) is 88.1 cm³/mol. The van der Waals surface area contributed by atoms with Crippen molar-refractivity contribution in [3.63, 3.8) is 0 Å². The summed E-state index contributed by atoms with van der Waals surface area (Å²) in [4.78, 5) is 23.3. The van der Waals surface area contributed by atoms with Crippen molar-refractivity contribution >= 4 is 11.8 Å². The molecule has 4 heteroatoms. The van der Waals surface area contributed by atoms with Crippen molar-refractivity contribution in [2.24, 2.45) is 0 Å². The van der Waals surface area contributed by atoms with E-state index in [1.807, 2.05) is 32.0 Å². The maximum atomic E-state index is 11.8. The number of benzene rings is 2. The molecular weight excluding hydrogens is 292 g/mol. The molecule has 2 rings (SSSR count). The zero-order valence-electron chi connectivity index (χ0n) is 13.6. The average molecular weight is 312 g/mol. The Morgan fingerprint density at radius 3 is 2.17 bits per heavy atom. The van der Waals surface area contributed by atoms with Crippen molar-refractivity contribution in [1.29, 1.82) is 0 Å². The lowest BCUT2D eigenvalue weighted by Crippen LogP contribution is -2.17. The van der Waals surface area contributed by atoms with Gasteiger partial charge in [0.1, 0.15) is 11.5 Å². The minimum Gasteiger partial charge on any atom is -0.482 e. The molecule has 0 amide bonds. The van der Waals surface area contributed by atoms with Gasteiger partial charge in [-0.3, -0.25) is 4.79 Å². The Balaban J connectivity index is 1.89. The number of carbonyl (C=O) groups is 2. The van der Waals surface area contributed by atoms with E-state index in [-0.39, 0.29) is 12.4 Å². The molecule has 0 bridgehead atoms. The lowest BCUT2D eigenvalue weighted by molar-refractivity contribution is -0.136. The number of esters is 1. The van der Waals surface area contributed by atoms with E-state index in [0.717, 1.165) is 5.56 Å². The van der Waals surface area contributed by atoms with Gasteiger partial charge in [0.25, 0.3) is 0 Å². The van der Waals surface area contributed by atoms with Crippen LogP contribution in [0.5, 0.6) is 11.5 Å². The molecular formula is C19H20O4. The van der Waals surface area contributed by atoms with Crippen LogP contribution in [0, 0.1) is 13.8 Å². The van der Waals surface area contributed by atoms with Crippen molar-refractivity contribution in [2.75, 3.05) is 6.61 Å². The van der Waals surface area contributed by atoms with Gasteiger partial charge >= 0.3 is 5.97 Å². The molecule has 0 aliphatic carbocycles. The average Bonchev–Trinajstić information content (AvgIpc) is 2.56. The van der Waals surface area contributed by atoms with Crippen LogP contribution in [0.3, 0.4) is 0 Å². The molecule has 120 valence electrons. The minimum absolute atomic E-state index is 0.0564. The highest BCUT2D eigenvalue weighted by Crippen LogP contribution is 2.17. The standard InChI is InChI=1S/C19H20O4/c1-4-18(20)15-6-9-16(10-7-15)23-19(21)12-22-17-8-5-13(2)14(3)11-17/h5-11H,4,12H2,1-3H3. The summed E-state index contributed by atoms with van der Waals surface area (Å²) in [5, 5.41) is 0. The predicted octanol–water partition coefficient (Wildman–Crippen LogP) is 3.88. The number of Topliss-reactive ketones (excluding diaryl/α,β-unsaturated/α-hetero) is 1. The number of rotatable bonds is 6. The highest BCUT2D eigenvalue weighted by Gasteiger charge is 2.08. The number of carbonyl (C=O) groups excluding carboxylic acids is 2. The molecule has 2 aromatic rings. The van der Waals surface area contributed by atoms with Crippen molar-refractivity contribution < 1.29 is 19.1 Å². The van der Waals surface area contributed by atoms with Crippen molar-refractivity contribution in [3.8, 4) is 11.5 Å². The topological polar surface area (TPSA) is 52.6 Å². The smallest absolute Gasteiger partial charge is 0.349 e. The Bertz CT molecular complexity index is 702. The Kier molecular flexibility index (Phi) is 5.52. The van der Waals surface area contributed by atoms with Gasteiger partial charge in [0.05, 0.1) is 0 Å². The molecule has 0 N–H and O–H groups in total. The van der Waals surface area contributed by atoms with Crippen LogP contribution >= 0.6 is 0 Å². The molecule has 0 spiro atoms. The number of aryl methyl sites for hydroxylation is 2. The summed E-state index contributed by atoms with van der Waals surface area (Å²) < 4.78 is 10.6. The summed E-state index contributed by atoms with van der Waals surface area (Å²) in [7, 11) is 0. The highest BCUT2D eigenvalue weighted by atomic mass is 16.6. The third-order valence-corrected chi connectivity index (χ3v) is 3.56. The second-order valence-electron chi connectivity index (χ2n) is 5.31. The fraction of sp³-hybridized carbons (Fsp3) is 0.263. The van der Waals surface area contributed by atoms with Gasteiger partial charge in [-0.15, -0.1) is 0 Å². The maximum absolute atomic E-state index is 11.8. The second-order valence-corrected chi connectivity index (χ2v) is 5.31. The zero-order valence-corrected chi connectivity index (χ0v) is 13.6. The first-order valence-corrected chi connectivity index (χ1v) is 7.53. The Morgan fingerprint density at radius 2 is 1.57 bits per heavy atom.